The van der Waals surface area contributed by atoms with Crippen molar-refractivity contribution in [3.05, 3.63) is 29.3 Å². The van der Waals surface area contributed by atoms with E-state index in [2.05, 4.69) is 5.32 Å². The summed E-state index contributed by atoms with van der Waals surface area (Å²) in [5, 5.41) is 2.93. The Kier molecular flexibility index (Phi) is 5.24. The Bertz CT molecular complexity index is 655. The van der Waals surface area contributed by atoms with Gasteiger partial charge in [-0.2, -0.15) is 0 Å². The quantitative estimate of drug-likeness (QED) is 0.896. The van der Waals surface area contributed by atoms with Gasteiger partial charge >= 0.3 is 0 Å². The minimum Gasteiger partial charge on any atom is -0.326 e. The maximum atomic E-state index is 12.1. The van der Waals surface area contributed by atoms with E-state index in [1.807, 2.05) is 44.0 Å². The zero-order chi connectivity index (χ0) is 16.3. The van der Waals surface area contributed by atoms with Crippen molar-refractivity contribution in [2.45, 2.75) is 32.7 Å². The molecular weight excluding hydrogens is 300 g/mol. The highest BCUT2D eigenvalue weighted by molar-refractivity contribution is 7.91. The van der Waals surface area contributed by atoms with E-state index in [1.165, 1.54) is 0 Å². The molecule has 1 aromatic carbocycles. The second kappa shape index (κ2) is 6.79. The SMILES string of the molecule is Cc1ccc(C)c(NC(=O)CCN(C)C2CCS(=O)(=O)C2)c1. The lowest BCUT2D eigenvalue weighted by atomic mass is 10.1. The van der Waals surface area contributed by atoms with Gasteiger partial charge < -0.3 is 10.2 Å². The minimum absolute atomic E-state index is 0.0403. The molecule has 1 saturated heterocycles. The molecule has 1 aliphatic rings. The highest BCUT2D eigenvalue weighted by Crippen LogP contribution is 2.18. The molecule has 0 aromatic heterocycles. The molecule has 1 aliphatic heterocycles. The molecule has 122 valence electrons. The van der Waals surface area contributed by atoms with E-state index >= 15 is 0 Å². The van der Waals surface area contributed by atoms with E-state index in [4.69, 9.17) is 0 Å². The van der Waals surface area contributed by atoms with Crippen LogP contribution in [-0.2, 0) is 14.6 Å². The van der Waals surface area contributed by atoms with Gasteiger partial charge in [0.2, 0.25) is 5.91 Å². The molecule has 6 heteroatoms. The molecule has 2 rings (SSSR count). The number of carbonyl (C=O) groups is 1. The third kappa shape index (κ3) is 4.55. The molecule has 1 N–H and O–H groups in total. The first-order valence-corrected chi connectivity index (χ1v) is 9.37. The number of carbonyl (C=O) groups excluding carboxylic acids is 1. The Hall–Kier alpha value is -1.40. The number of anilines is 1. The predicted octanol–water partition coefficient (Wildman–Crippen LogP) is 1.75. The zero-order valence-electron chi connectivity index (χ0n) is 13.4. The van der Waals surface area contributed by atoms with Crippen molar-refractivity contribution in [1.29, 1.82) is 0 Å². The number of hydrogen-bond donors (Lipinski definition) is 1. The number of nitrogens with zero attached hydrogens (tertiary/aromatic N) is 1. The van der Waals surface area contributed by atoms with Gasteiger partial charge in [0.05, 0.1) is 11.5 Å². The van der Waals surface area contributed by atoms with Crippen LogP contribution in [0.4, 0.5) is 5.69 Å². The Balaban J connectivity index is 1.84. The zero-order valence-corrected chi connectivity index (χ0v) is 14.2. The molecule has 1 atom stereocenters. The number of sulfone groups is 1. The fourth-order valence-electron chi connectivity index (χ4n) is 2.67. The van der Waals surface area contributed by atoms with Gasteiger partial charge in [-0.1, -0.05) is 12.1 Å². The van der Waals surface area contributed by atoms with Crippen molar-refractivity contribution in [3.63, 3.8) is 0 Å². The standard InChI is InChI=1S/C16H24N2O3S/c1-12-4-5-13(2)15(10-12)17-16(19)6-8-18(3)14-7-9-22(20,21)11-14/h4-5,10,14H,6-9,11H2,1-3H3,(H,17,19). The number of nitrogens with one attached hydrogen (secondary N) is 1. The summed E-state index contributed by atoms with van der Waals surface area (Å²) in [4.78, 5) is 14.0. The maximum absolute atomic E-state index is 12.1. The van der Waals surface area contributed by atoms with Crippen molar-refractivity contribution < 1.29 is 13.2 Å². The van der Waals surface area contributed by atoms with Gasteiger partial charge in [0.1, 0.15) is 0 Å². The van der Waals surface area contributed by atoms with E-state index in [1.54, 1.807) is 0 Å². The lowest BCUT2D eigenvalue weighted by molar-refractivity contribution is -0.116. The van der Waals surface area contributed by atoms with Crippen LogP contribution in [0.3, 0.4) is 0 Å². The van der Waals surface area contributed by atoms with Crippen LogP contribution in [0.1, 0.15) is 24.0 Å². The summed E-state index contributed by atoms with van der Waals surface area (Å²) < 4.78 is 23.0. The third-order valence-electron chi connectivity index (χ3n) is 4.19. The number of amides is 1. The van der Waals surface area contributed by atoms with Crippen LogP contribution < -0.4 is 5.32 Å². The van der Waals surface area contributed by atoms with Crippen LogP contribution in [0.15, 0.2) is 18.2 Å². The van der Waals surface area contributed by atoms with Crippen molar-refractivity contribution >= 4 is 21.4 Å². The number of benzene rings is 1. The van der Waals surface area contributed by atoms with Crippen molar-refractivity contribution in [2.24, 2.45) is 0 Å². The highest BCUT2D eigenvalue weighted by Gasteiger charge is 2.30. The molecule has 1 amide bonds. The smallest absolute Gasteiger partial charge is 0.225 e. The van der Waals surface area contributed by atoms with Gasteiger partial charge in [-0.3, -0.25) is 4.79 Å². The van der Waals surface area contributed by atoms with Gasteiger partial charge in [0.15, 0.2) is 9.84 Å². The maximum Gasteiger partial charge on any atom is 0.225 e. The molecule has 0 aliphatic carbocycles. The number of aryl methyl sites for hydroxylation is 2. The van der Waals surface area contributed by atoms with Crippen LogP contribution in [-0.4, -0.2) is 50.4 Å². The van der Waals surface area contributed by atoms with Crippen LogP contribution in [0.5, 0.6) is 0 Å². The summed E-state index contributed by atoms with van der Waals surface area (Å²) in [6.07, 6.45) is 1.03. The normalized spacial score (nSPS) is 20.3. The van der Waals surface area contributed by atoms with Crippen LogP contribution in [0.2, 0.25) is 0 Å². The summed E-state index contributed by atoms with van der Waals surface area (Å²) >= 11 is 0. The molecule has 0 bridgehead atoms. The molecule has 5 nitrogen and oxygen atoms in total. The molecule has 0 radical (unpaired) electrons. The van der Waals surface area contributed by atoms with Crippen molar-refractivity contribution in [3.8, 4) is 0 Å². The third-order valence-corrected chi connectivity index (χ3v) is 5.94. The highest BCUT2D eigenvalue weighted by atomic mass is 32.2. The van der Waals surface area contributed by atoms with Crippen LogP contribution in [0.25, 0.3) is 0 Å². The Morgan fingerprint density at radius 1 is 1.36 bits per heavy atom. The van der Waals surface area contributed by atoms with Gasteiger partial charge in [0, 0.05) is 24.7 Å². The molecule has 1 fully saturated rings. The summed E-state index contributed by atoms with van der Waals surface area (Å²) in [5.41, 5.74) is 2.99. The first-order chi connectivity index (χ1) is 10.3. The molecular formula is C16H24N2O3S. The van der Waals surface area contributed by atoms with Gasteiger partial charge in [-0.05, 0) is 44.5 Å². The fourth-order valence-corrected chi connectivity index (χ4v) is 4.47. The monoisotopic (exact) mass is 324 g/mol. The second-order valence-corrected chi connectivity index (χ2v) is 8.38. The molecule has 0 saturated carbocycles. The van der Waals surface area contributed by atoms with Crippen LogP contribution in [0, 0.1) is 13.8 Å². The average Bonchev–Trinajstić information content (AvgIpc) is 2.80. The predicted molar refractivity (Wildman–Crippen MR) is 88.9 cm³/mol. The number of hydrogen-bond acceptors (Lipinski definition) is 4. The lowest BCUT2D eigenvalue weighted by Crippen LogP contribution is -2.35. The Morgan fingerprint density at radius 3 is 2.73 bits per heavy atom. The Labute approximate surface area is 132 Å². The number of rotatable bonds is 5. The summed E-state index contributed by atoms with van der Waals surface area (Å²) in [6, 6.07) is 6.00. The van der Waals surface area contributed by atoms with Crippen molar-refractivity contribution in [2.75, 3.05) is 30.4 Å². The molecule has 1 aromatic rings. The minimum atomic E-state index is -2.88. The summed E-state index contributed by atoms with van der Waals surface area (Å²) in [7, 11) is -0.995. The fraction of sp³-hybridized carbons (Fsp3) is 0.562. The second-order valence-electron chi connectivity index (χ2n) is 6.15. The van der Waals surface area contributed by atoms with E-state index in [0.29, 0.717) is 19.4 Å². The van der Waals surface area contributed by atoms with Crippen molar-refractivity contribution in [1.82, 2.24) is 4.90 Å². The molecule has 1 heterocycles. The molecule has 0 spiro atoms. The van der Waals surface area contributed by atoms with Gasteiger partial charge in [-0.15, -0.1) is 0 Å². The van der Waals surface area contributed by atoms with E-state index in [9.17, 15) is 13.2 Å². The topological polar surface area (TPSA) is 66.5 Å². The first-order valence-electron chi connectivity index (χ1n) is 7.54. The van der Waals surface area contributed by atoms with Crippen LogP contribution >= 0.6 is 0 Å². The largest absolute Gasteiger partial charge is 0.326 e. The summed E-state index contributed by atoms with van der Waals surface area (Å²) in [6.45, 7) is 4.52. The average molecular weight is 324 g/mol. The first kappa shape index (κ1) is 17.0. The lowest BCUT2D eigenvalue weighted by Gasteiger charge is -2.22. The molecule has 22 heavy (non-hydrogen) atoms. The van der Waals surface area contributed by atoms with Gasteiger partial charge in [-0.25, -0.2) is 8.42 Å². The molecule has 1 unspecified atom stereocenters. The Morgan fingerprint density at radius 2 is 2.09 bits per heavy atom. The van der Waals surface area contributed by atoms with E-state index in [-0.39, 0.29) is 23.5 Å². The van der Waals surface area contributed by atoms with Gasteiger partial charge in [0.25, 0.3) is 0 Å². The van der Waals surface area contributed by atoms with E-state index < -0.39 is 9.84 Å². The summed E-state index contributed by atoms with van der Waals surface area (Å²) in [5.74, 6) is 0.431. The van der Waals surface area contributed by atoms with E-state index in [0.717, 1.165) is 16.8 Å².